The lowest BCUT2D eigenvalue weighted by molar-refractivity contribution is 0.131. The van der Waals surface area contributed by atoms with E-state index in [1.807, 2.05) is 25.1 Å². The van der Waals surface area contributed by atoms with Crippen LogP contribution in [0.4, 0.5) is 0 Å². The van der Waals surface area contributed by atoms with Crippen molar-refractivity contribution >= 4 is 10.9 Å². The number of pyridine rings is 1. The van der Waals surface area contributed by atoms with Crippen LogP contribution in [0, 0.1) is 12.8 Å². The molecule has 2 aromatic heterocycles. The molecule has 0 aliphatic heterocycles. The lowest BCUT2D eigenvalue weighted by Crippen LogP contribution is -2.37. The smallest absolute Gasteiger partial charge is 0.252 e. The fraction of sp³-hybridized carbons (Fsp3) is 0.467. The lowest BCUT2D eigenvalue weighted by Gasteiger charge is -2.35. The molecule has 0 saturated heterocycles. The van der Waals surface area contributed by atoms with Crippen molar-refractivity contribution in [2.75, 3.05) is 6.54 Å². The molecule has 0 amide bonds. The molecule has 1 saturated carbocycles. The maximum Gasteiger partial charge on any atom is 0.252 e. The second-order valence-corrected chi connectivity index (χ2v) is 10.9. The van der Waals surface area contributed by atoms with Gasteiger partial charge in [0.2, 0.25) is 0 Å². The van der Waals surface area contributed by atoms with Gasteiger partial charge in [0.05, 0.1) is 12.1 Å². The Morgan fingerprint density at radius 2 is 1.84 bits per heavy atom. The normalized spacial score (nSPS) is 15.6. The predicted octanol–water partition coefficient (Wildman–Crippen LogP) is 5.77. The second-order valence-electron chi connectivity index (χ2n) is 10.9. The highest BCUT2D eigenvalue weighted by molar-refractivity contribution is 5.79. The number of aryl methyl sites for hydroxylation is 1. The van der Waals surface area contributed by atoms with Gasteiger partial charge in [0.15, 0.2) is 5.82 Å². The molecular formula is C30H38N6O. The first-order valence-electron chi connectivity index (χ1n) is 13.7. The summed E-state index contributed by atoms with van der Waals surface area (Å²) in [4.78, 5) is 18.7. The van der Waals surface area contributed by atoms with Crippen molar-refractivity contribution in [2.24, 2.45) is 5.92 Å². The van der Waals surface area contributed by atoms with Crippen LogP contribution >= 0.6 is 0 Å². The summed E-state index contributed by atoms with van der Waals surface area (Å²) in [6.45, 7) is 7.84. The molecule has 5 rings (SSSR count). The quantitative estimate of drug-likeness (QED) is 0.317. The number of aromatic nitrogens is 5. The minimum Gasteiger partial charge on any atom is -0.322 e. The fourth-order valence-corrected chi connectivity index (χ4v) is 5.79. The Bertz CT molecular complexity index is 1370. The van der Waals surface area contributed by atoms with Crippen molar-refractivity contribution in [2.45, 2.75) is 77.9 Å². The molecule has 0 radical (unpaired) electrons. The van der Waals surface area contributed by atoms with Crippen molar-refractivity contribution < 1.29 is 0 Å². The Hall–Kier alpha value is -3.32. The first-order valence-corrected chi connectivity index (χ1v) is 13.7. The average molecular weight is 499 g/mol. The number of H-pyrrole nitrogens is 1. The van der Waals surface area contributed by atoms with Crippen LogP contribution in [-0.2, 0) is 13.0 Å². The highest BCUT2D eigenvalue weighted by atomic mass is 16.1. The van der Waals surface area contributed by atoms with Gasteiger partial charge < -0.3 is 4.98 Å². The maximum absolute atomic E-state index is 13.2. The molecule has 7 nitrogen and oxygen atoms in total. The van der Waals surface area contributed by atoms with Gasteiger partial charge in [0, 0.05) is 24.2 Å². The molecule has 1 fully saturated rings. The molecule has 37 heavy (non-hydrogen) atoms. The van der Waals surface area contributed by atoms with E-state index in [1.165, 1.54) is 24.8 Å². The minimum atomic E-state index is -0.0304. The Morgan fingerprint density at radius 1 is 1.05 bits per heavy atom. The van der Waals surface area contributed by atoms with Gasteiger partial charge in [-0.05, 0) is 71.2 Å². The molecule has 2 aromatic carbocycles. The van der Waals surface area contributed by atoms with E-state index in [2.05, 4.69) is 80.3 Å². The van der Waals surface area contributed by atoms with Crippen LogP contribution in [0.3, 0.4) is 0 Å². The minimum absolute atomic E-state index is 0.00578. The summed E-state index contributed by atoms with van der Waals surface area (Å²) in [5.41, 5.74) is 4.04. The molecule has 4 aromatic rings. The van der Waals surface area contributed by atoms with E-state index in [1.54, 1.807) is 0 Å². The van der Waals surface area contributed by atoms with Crippen LogP contribution in [0.5, 0.6) is 0 Å². The number of nitrogens with one attached hydrogen (secondary N) is 1. The first kappa shape index (κ1) is 25.3. The Labute approximate surface area is 218 Å². The van der Waals surface area contributed by atoms with Crippen LogP contribution in [0.1, 0.15) is 80.6 Å². The summed E-state index contributed by atoms with van der Waals surface area (Å²) in [5, 5.41) is 14.3. The van der Waals surface area contributed by atoms with Crippen molar-refractivity contribution in [3.05, 3.63) is 87.5 Å². The molecule has 0 spiro atoms. The topological polar surface area (TPSA) is 79.7 Å². The first-order chi connectivity index (χ1) is 18.0. The number of nitrogens with zero attached hydrogens (tertiary/aromatic N) is 5. The summed E-state index contributed by atoms with van der Waals surface area (Å²) in [7, 11) is 0. The largest absolute Gasteiger partial charge is 0.322 e. The molecule has 7 heteroatoms. The summed E-state index contributed by atoms with van der Waals surface area (Å²) < 4.78 is 2.09. The van der Waals surface area contributed by atoms with Crippen molar-refractivity contribution in [1.82, 2.24) is 30.1 Å². The SMILES string of the molecule is Cc1ccc2cc(CN(CCc3ccccc3)[C@@H](c3nnnn3C3CCCCC3)C(C)C)c(=O)[nH]c2c1. The van der Waals surface area contributed by atoms with Crippen LogP contribution < -0.4 is 5.56 Å². The second kappa shape index (κ2) is 11.4. The Morgan fingerprint density at radius 3 is 2.59 bits per heavy atom. The van der Waals surface area contributed by atoms with Crippen molar-refractivity contribution in [1.29, 1.82) is 0 Å². The van der Waals surface area contributed by atoms with E-state index in [-0.39, 0.29) is 17.5 Å². The number of fused-ring (bicyclic) bond motifs is 1. The van der Waals surface area contributed by atoms with Gasteiger partial charge in [-0.2, -0.15) is 0 Å². The maximum atomic E-state index is 13.2. The Balaban J connectivity index is 1.51. The van der Waals surface area contributed by atoms with Crippen LogP contribution in [-0.4, -0.2) is 36.6 Å². The average Bonchev–Trinajstić information content (AvgIpc) is 3.38. The number of rotatable bonds is 9. The van der Waals surface area contributed by atoms with Gasteiger partial charge in [0.1, 0.15) is 0 Å². The number of benzene rings is 2. The van der Waals surface area contributed by atoms with E-state index in [9.17, 15) is 4.79 Å². The van der Waals surface area contributed by atoms with Crippen molar-refractivity contribution in [3.8, 4) is 0 Å². The number of hydrogen-bond donors (Lipinski definition) is 1. The van der Waals surface area contributed by atoms with E-state index < -0.39 is 0 Å². The molecule has 0 unspecified atom stereocenters. The molecule has 1 aliphatic carbocycles. The third-order valence-electron chi connectivity index (χ3n) is 7.71. The number of tetrazole rings is 1. The van der Waals surface area contributed by atoms with E-state index in [0.29, 0.717) is 12.6 Å². The predicted molar refractivity (Wildman–Crippen MR) is 147 cm³/mol. The monoisotopic (exact) mass is 498 g/mol. The zero-order valence-electron chi connectivity index (χ0n) is 22.2. The van der Waals surface area contributed by atoms with Crippen LogP contribution in [0.2, 0.25) is 0 Å². The van der Waals surface area contributed by atoms with E-state index in [4.69, 9.17) is 0 Å². The fourth-order valence-electron chi connectivity index (χ4n) is 5.79. The van der Waals surface area contributed by atoms with Crippen molar-refractivity contribution in [3.63, 3.8) is 0 Å². The van der Waals surface area contributed by atoms with Gasteiger partial charge in [-0.1, -0.05) is 75.6 Å². The standard InChI is InChI=1S/C30H38N6O/c1-21(2)28(29-32-33-34-36(29)26-12-8-5-9-13-26)35(17-16-23-10-6-4-7-11-23)20-25-19-24-15-14-22(3)18-27(24)31-30(25)37/h4,6-7,10-11,14-15,18-19,21,26,28H,5,8-9,12-13,16-17,20H2,1-3H3,(H,31,37)/t28-/m1/s1. The molecule has 1 N–H and O–H groups in total. The number of aromatic amines is 1. The third kappa shape index (κ3) is 5.82. The zero-order chi connectivity index (χ0) is 25.8. The van der Waals surface area contributed by atoms with Crippen LogP contribution in [0.15, 0.2) is 59.4 Å². The van der Waals surface area contributed by atoms with E-state index >= 15 is 0 Å². The van der Waals surface area contributed by atoms with E-state index in [0.717, 1.165) is 53.7 Å². The van der Waals surface area contributed by atoms with Gasteiger partial charge in [-0.15, -0.1) is 5.10 Å². The number of hydrogen-bond acceptors (Lipinski definition) is 5. The highest BCUT2D eigenvalue weighted by Crippen LogP contribution is 2.34. The zero-order valence-corrected chi connectivity index (χ0v) is 22.2. The molecular weight excluding hydrogens is 460 g/mol. The summed E-state index contributed by atoms with van der Waals surface area (Å²) >= 11 is 0. The molecule has 2 heterocycles. The van der Waals surface area contributed by atoms with Crippen LogP contribution in [0.25, 0.3) is 10.9 Å². The summed E-state index contributed by atoms with van der Waals surface area (Å²) in [5.74, 6) is 1.19. The van der Waals surface area contributed by atoms with Gasteiger partial charge >= 0.3 is 0 Å². The highest BCUT2D eigenvalue weighted by Gasteiger charge is 2.32. The summed E-state index contributed by atoms with van der Waals surface area (Å²) in [6, 6.07) is 19.1. The van der Waals surface area contributed by atoms with Gasteiger partial charge in [-0.3, -0.25) is 9.69 Å². The molecule has 1 aliphatic rings. The molecule has 0 bridgehead atoms. The molecule has 194 valence electrons. The Kier molecular flexibility index (Phi) is 7.79. The van der Waals surface area contributed by atoms with Gasteiger partial charge in [0.25, 0.3) is 5.56 Å². The van der Waals surface area contributed by atoms with Gasteiger partial charge in [-0.25, -0.2) is 4.68 Å². The molecule has 1 atom stereocenters. The third-order valence-corrected chi connectivity index (χ3v) is 7.71. The summed E-state index contributed by atoms with van der Waals surface area (Å²) in [6.07, 6.45) is 6.86. The lowest BCUT2D eigenvalue weighted by atomic mass is 9.94.